The van der Waals surface area contributed by atoms with Crippen molar-refractivity contribution in [2.45, 2.75) is 26.2 Å². The van der Waals surface area contributed by atoms with E-state index in [0.717, 1.165) is 19.4 Å². The third-order valence-corrected chi connectivity index (χ3v) is 2.40. The number of amides is 1. The van der Waals surface area contributed by atoms with Gasteiger partial charge in [0.15, 0.2) is 0 Å². The summed E-state index contributed by atoms with van der Waals surface area (Å²) in [6.45, 7) is 2.84. The fourth-order valence-electron chi connectivity index (χ4n) is 1.42. The molecule has 3 heteroatoms. The van der Waals surface area contributed by atoms with Gasteiger partial charge in [-0.3, -0.25) is 4.79 Å². The summed E-state index contributed by atoms with van der Waals surface area (Å²) in [5, 5.41) is 11.5. The topological polar surface area (TPSA) is 52.9 Å². The van der Waals surface area contributed by atoms with Gasteiger partial charge in [-0.1, -0.05) is 25.5 Å². The second-order valence-corrected chi connectivity index (χ2v) is 3.62. The Bertz CT molecular complexity index is 323. The number of hydrogen-bond donors (Lipinski definition) is 1. The van der Waals surface area contributed by atoms with E-state index in [0.29, 0.717) is 12.0 Å². The van der Waals surface area contributed by atoms with Crippen LogP contribution in [0.1, 0.15) is 26.2 Å². The molecule has 0 aromatic carbocycles. The van der Waals surface area contributed by atoms with Crippen LogP contribution in [0.2, 0.25) is 0 Å². The van der Waals surface area contributed by atoms with Crippen molar-refractivity contribution in [3.05, 3.63) is 23.8 Å². The molecule has 0 heterocycles. The van der Waals surface area contributed by atoms with Crippen LogP contribution in [0.15, 0.2) is 23.8 Å². The van der Waals surface area contributed by atoms with Gasteiger partial charge in [-0.15, -0.1) is 0 Å². The lowest BCUT2D eigenvalue weighted by Gasteiger charge is -2.13. The molecule has 3 nitrogen and oxygen atoms in total. The molecule has 1 amide bonds. The number of nitrogens with zero attached hydrogens (tertiary/aromatic N) is 1. The quantitative estimate of drug-likeness (QED) is 0.711. The van der Waals surface area contributed by atoms with Crippen LogP contribution >= 0.6 is 0 Å². The van der Waals surface area contributed by atoms with Crippen molar-refractivity contribution in [1.29, 1.82) is 5.26 Å². The maximum absolute atomic E-state index is 11.6. The molecule has 0 aliphatic heterocycles. The highest BCUT2D eigenvalue weighted by atomic mass is 16.1. The molecule has 1 rings (SSSR count). The molecule has 0 aromatic rings. The lowest BCUT2D eigenvalue weighted by Crippen LogP contribution is -2.30. The first-order valence-electron chi connectivity index (χ1n) is 5.34. The zero-order valence-electron chi connectivity index (χ0n) is 8.99. The first-order chi connectivity index (χ1) is 7.27. The van der Waals surface area contributed by atoms with Gasteiger partial charge in [0.2, 0.25) is 5.91 Å². The van der Waals surface area contributed by atoms with Gasteiger partial charge >= 0.3 is 0 Å². The normalized spacial score (nSPS) is 19.2. The Labute approximate surface area is 90.5 Å². The Morgan fingerprint density at radius 1 is 1.73 bits per heavy atom. The van der Waals surface area contributed by atoms with Crippen LogP contribution in [0.25, 0.3) is 0 Å². The molecular weight excluding hydrogens is 188 g/mol. The number of unbranched alkanes of at least 4 members (excludes halogenated alkanes) is 1. The molecule has 1 aliphatic rings. The van der Waals surface area contributed by atoms with Gasteiger partial charge < -0.3 is 5.32 Å². The van der Waals surface area contributed by atoms with E-state index in [-0.39, 0.29) is 11.8 Å². The van der Waals surface area contributed by atoms with Gasteiger partial charge in [-0.05, 0) is 18.9 Å². The highest BCUT2D eigenvalue weighted by molar-refractivity contribution is 5.81. The molecule has 1 N–H and O–H groups in total. The molecule has 1 atom stereocenters. The largest absolute Gasteiger partial charge is 0.356 e. The zero-order chi connectivity index (χ0) is 11.1. The van der Waals surface area contributed by atoms with Crippen molar-refractivity contribution in [2.24, 2.45) is 5.92 Å². The maximum Gasteiger partial charge on any atom is 0.227 e. The number of allylic oxidation sites excluding steroid dienone is 3. The summed E-state index contributed by atoms with van der Waals surface area (Å²) in [7, 11) is 0. The summed E-state index contributed by atoms with van der Waals surface area (Å²) in [6, 6.07) is 2.06. The van der Waals surface area contributed by atoms with E-state index in [1.165, 1.54) is 0 Å². The summed E-state index contributed by atoms with van der Waals surface area (Å²) in [6.07, 6.45) is 8.07. The van der Waals surface area contributed by atoms with Crippen molar-refractivity contribution < 1.29 is 4.79 Å². The fraction of sp³-hybridized carbons (Fsp3) is 0.500. The Morgan fingerprint density at radius 2 is 2.53 bits per heavy atom. The number of nitriles is 1. The third-order valence-electron chi connectivity index (χ3n) is 2.40. The van der Waals surface area contributed by atoms with Crippen molar-refractivity contribution in [2.75, 3.05) is 6.54 Å². The number of carbonyl (C=O) groups excluding carboxylic acids is 1. The SMILES string of the molecule is CCCCNC(=O)C1C=CC(C#N)=CC1. The van der Waals surface area contributed by atoms with Gasteiger partial charge in [0, 0.05) is 12.1 Å². The summed E-state index contributed by atoms with van der Waals surface area (Å²) in [5.74, 6) is -0.0353. The second kappa shape index (κ2) is 6.02. The average molecular weight is 204 g/mol. The minimum Gasteiger partial charge on any atom is -0.356 e. The molecule has 0 saturated carbocycles. The highest BCUT2D eigenvalue weighted by Gasteiger charge is 2.16. The standard InChI is InChI=1S/C12H16N2O/c1-2-3-8-14-12(15)11-6-4-10(9-13)5-7-11/h4-6,11H,2-3,7-8H2,1H3,(H,14,15). The molecular formula is C12H16N2O. The van der Waals surface area contributed by atoms with Crippen LogP contribution < -0.4 is 5.32 Å². The summed E-state index contributed by atoms with van der Waals surface area (Å²) in [4.78, 5) is 11.6. The summed E-state index contributed by atoms with van der Waals surface area (Å²) in [5.41, 5.74) is 0.646. The molecule has 0 fully saturated rings. The van der Waals surface area contributed by atoms with Crippen LogP contribution in [0.4, 0.5) is 0 Å². The molecule has 0 saturated heterocycles. The second-order valence-electron chi connectivity index (χ2n) is 3.62. The number of nitrogens with one attached hydrogen (secondary N) is 1. The molecule has 0 aromatic heterocycles. The van der Waals surface area contributed by atoms with Gasteiger partial charge in [-0.25, -0.2) is 0 Å². The maximum atomic E-state index is 11.6. The lowest BCUT2D eigenvalue weighted by molar-refractivity contribution is -0.123. The van der Waals surface area contributed by atoms with E-state index < -0.39 is 0 Å². The van der Waals surface area contributed by atoms with Gasteiger partial charge in [-0.2, -0.15) is 5.26 Å². The predicted octanol–water partition coefficient (Wildman–Crippen LogP) is 1.93. The van der Waals surface area contributed by atoms with Crippen LogP contribution in [0.5, 0.6) is 0 Å². The average Bonchev–Trinajstić information content (AvgIpc) is 2.29. The van der Waals surface area contributed by atoms with Crippen LogP contribution in [-0.4, -0.2) is 12.5 Å². The molecule has 1 aliphatic carbocycles. The van der Waals surface area contributed by atoms with E-state index >= 15 is 0 Å². The molecule has 0 radical (unpaired) electrons. The van der Waals surface area contributed by atoms with Crippen molar-refractivity contribution in [3.63, 3.8) is 0 Å². The van der Waals surface area contributed by atoms with Crippen molar-refractivity contribution in [3.8, 4) is 6.07 Å². The van der Waals surface area contributed by atoms with Crippen molar-refractivity contribution in [1.82, 2.24) is 5.32 Å². The molecule has 15 heavy (non-hydrogen) atoms. The van der Waals surface area contributed by atoms with E-state index in [2.05, 4.69) is 18.3 Å². The minimum atomic E-state index is -0.0982. The molecule has 80 valence electrons. The Hall–Kier alpha value is -1.56. The highest BCUT2D eigenvalue weighted by Crippen LogP contribution is 2.15. The van der Waals surface area contributed by atoms with Gasteiger partial charge in [0.25, 0.3) is 0 Å². The summed E-state index contributed by atoms with van der Waals surface area (Å²) < 4.78 is 0. The van der Waals surface area contributed by atoms with E-state index in [1.807, 2.05) is 6.08 Å². The van der Waals surface area contributed by atoms with Gasteiger partial charge in [0.05, 0.1) is 12.0 Å². The molecule has 0 spiro atoms. The summed E-state index contributed by atoms with van der Waals surface area (Å²) >= 11 is 0. The number of carbonyl (C=O) groups is 1. The van der Waals surface area contributed by atoms with E-state index in [9.17, 15) is 4.79 Å². The van der Waals surface area contributed by atoms with Crippen LogP contribution in [0, 0.1) is 17.2 Å². The number of rotatable bonds is 4. The Kier molecular flexibility index (Phi) is 4.62. The first-order valence-corrected chi connectivity index (χ1v) is 5.34. The Balaban J connectivity index is 2.35. The van der Waals surface area contributed by atoms with Crippen LogP contribution in [0.3, 0.4) is 0 Å². The fourth-order valence-corrected chi connectivity index (χ4v) is 1.42. The number of hydrogen-bond acceptors (Lipinski definition) is 2. The molecule has 0 bridgehead atoms. The minimum absolute atomic E-state index is 0.0629. The molecule has 1 unspecified atom stereocenters. The van der Waals surface area contributed by atoms with E-state index in [1.54, 1.807) is 12.2 Å². The van der Waals surface area contributed by atoms with Crippen LogP contribution in [-0.2, 0) is 4.79 Å². The third kappa shape index (κ3) is 3.59. The smallest absolute Gasteiger partial charge is 0.227 e. The monoisotopic (exact) mass is 204 g/mol. The van der Waals surface area contributed by atoms with E-state index in [4.69, 9.17) is 5.26 Å². The van der Waals surface area contributed by atoms with Crippen molar-refractivity contribution >= 4 is 5.91 Å². The Morgan fingerprint density at radius 3 is 3.07 bits per heavy atom. The van der Waals surface area contributed by atoms with Gasteiger partial charge in [0.1, 0.15) is 0 Å². The predicted molar refractivity (Wildman–Crippen MR) is 58.9 cm³/mol. The lowest BCUT2D eigenvalue weighted by atomic mass is 9.96. The first kappa shape index (κ1) is 11.5. The zero-order valence-corrected chi connectivity index (χ0v) is 8.99.